The van der Waals surface area contributed by atoms with Crippen molar-refractivity contribution in [2.24, 2.45) is 5.73 Å². The van der Waals surface area contributed by atoms with E-state index in [2.05, 4.69) is 15.9 Å². The van der Waals surface area contributed by atoms with E-state index in [-0.39, 0.29) is 11.5 Å². The molecule has 0 spiro atoms. The smallest absolute Gasteiger partial charge is 0.169 e. The molecule has 84 valence electrons. The van der Waals surface area contributed by atoms with Crippen LogP contribution in [0.4, 0.5) is 0 Å². The third-order valence-corrected chi connectivity index (χ3v) is 3.83. The van der Waals surface area contributed by atoms with Crippen LogP contribution in [0.5, 0.6) is 0 Å². The van der Waals surface area contributed by atoms with Crippen molar-refractivity contribution >= 4 is 15.9 Å². The summed E-state index contributed by atoms with van der Waals surface area (Å²) >= 11 is 3.31. The molecule has 0 amide bonds. The molecule has 1 aliphatic rings. The second kappa shape index (κ2) is 4.28. The van der Waals surface area contributed by atoms with Crippen LogP contribution in [-0.4, -0.2) is 17.8 Å². The van der Waals surface area contributed by atoms with Crippen LogP contribution in [0.25, 0.3) is 0 Å². The SMILES string of the molecule is NCC1(c2ccc(Br)o2)CCC(O)CC1. The molecule has 0 unspecified atom stereocenters. The zero-order valence-corrected chi connectivity index (χ0v) is 10.2. The molecule has 1 saturated carbocycles. The summed E-state index contributed by atoms with van der Waals surface area (Å²) in [5.41, 5.74) is 5.80. The lowest BCUT2D eigenvalue weighted by molar-refractivity contribution is 0.0897. The van der Waals surface area contributed by atoms with Gasteiger partial charge in [0.2, 0.25) is 0 Å². The van der Waals surface area contributed by atoms with E-state index in [1.165, 1.54) is 0 Å². The Morgan fingerprint density at radius 2 is 2.13 bits per heavy atom. The minimum absolute atomic E-state index is 0.0642. The maximum Gasteiger partial charge on any atom is 0.169 e. The zero-order chi connectivity index (χ0) is 10.9. The van der Waals surface area contributed by atoms with Gasteiger partial charge >= 0.3 is 0 Å². The predicted molar refractivity (Wildman–Crippen MR) is 61.6 cm³/mol. The quantitative estimate of drug-likeness (QED) is 0.869. The van der Waals surface area contributed by atoms with Crippen molar-refractivity contribution in [2.45, 2.75) is 37.2 Å². The summed E-state index contributed by atoms with van der Waals surface area (Å²) in [6.45, 7) is 0.583. The van der Waals surface area contributed by atoms with E-state index in [1.54, 1.807) is 0 Å². The van der Waals surface area contributed by atoms with Crippen LogP contribution >= 0.6 is 15.9 Å². The van der Waals surface area contributed by atoms with Crippen molar-refractivity contribution in [1.82, 2.24) is 0 Å². The van der Waals surface area contributed by atoms with Gasteiger partial charge in [-0.15, -0.1) is 0 Å². The highest BCUT2D eigenvalue weighted by atomic mass is 79.9. The van der Waals surface area contributed by atoms with Crippen molar-refractivity contribution in [3.05, 3.63) is 22.6 Å². The van der Waals surface area contributed by atoms with Crippen LogP contribution in [0.1, 0.15) is 31.4 Å². The van der Waals surface area contributed by atoms with Crippen molar-refractivity contribution in [3.63, 3.8) is 0 Å². The average Bonchev–Trinajstić information content (AvgIpc) is 2.67. The molecule has 4 heteroatoms. The number of hydrogen-bond donors (Lipinski definition) is 2. The maximum absolute atomic E-state index is 9.51. The minimum Gasteiger partial charge on any atom is -0.454 e. The third-order valence-electron chi connectivity index (χ3n) is 3.40. The van der Waals surface area contributed by atoms with Gasteiger partial charge in [-0.1, -0.05) is 0 Å². The summed E-state index contributed by atoms with van der Waals surface area (Å²) in [5.74, 6) is 0.948. The lowest BCUT2D eigenvalue weighted by Gasteiger charge is -2.36. The average molecular weight is 274 g/mol. The molecule has 15 heavy (non-hydrogen) atoms. The second-order valence-electron chi connectivity index (χ2n) is 4.32. The summed E-state index contributed by atoms with van der Waals surface area (Å²) in [6, 6.07) is 3.88. The molecular weight excluding hydrogens is 258 g/mol. The monoisotopic (exact) mass is 273 g/mol. The molecule has 1 aliphatic carbocycles. The lowest BCUT2D eigenvalue weighted by Crippen LogP contribution is -2.39. The van der Waals surface area contributed by atoms with Gasteiger partial charge < -0.3 is 15.3 Å². The standard InChI is InChI=1S/C11H16BrNO2/c12-10-2-1-9(15-10)11(7-13)5-3-8(14)4-6-11/h1-2,8,14H,3-7,13H2. The molecular formula is C11H16BrNO2. The largest absolute Gasteiger partial charge is 0.454 e. The Bertz CT molecular complexity index is 329. The molecule has 0 bridgehead atoms. The number of nitrogens with two attached hydrogens (primary N) is 1. The number of aliphatic hydroxyl groups excluding tert-OH is 1. The van der Waals surface area contributed by atoms with Gasteiger partial charge in [0.1, 0.15) is 5.76 Å². The molecule has 3 nitrogen and oxygen atoms in total. The fraction of sp³-hybridized carbons (Fsp3) is 0.636. The fourth-order valence-electron chi connectivity index (χ4n) is 2.31. The molecule has 3 N–H and O–H groups in total. The van der Waals surface area contributed by atoms with Gasteiger partial charge in [0.05, 0.1) is 6.10 Å². The number of furan rings is 1. The Morgan fingerprint density at radius 3 is 2.60 bits per heavy atom. The minimum atomic E-state index is -0.164. The highest BCUT2D eigenvalue weighted by Crippen LogP contribution is 2.40. The van der Waals surface area contributed by atoms with E-state index in [0.29, 0.717) is 6.54 Å². The number of hydrogen-bond acceptors (Lipinski definition) is 3. The highest BCUT2D eigenvalue weighted by Gasteiger charge is 2.37. The highest BCUT2D eigenvalue weighted by molar-refractivity contribution is 9.10. The van der Waals surface area contributed by atoms with E-state index in [4.69, 9.17) is 10.2 Å². The van der Waals surface area contributed by atoms with E-state index in [1.807, 2.05) is 12.1 Å². The number of aliphatic hydroxyl groups is 1. The molecule has 2 rings (SSSR count). The molecule has 0 aromatic carbocycles. The van der Waals surface area contributed by atoms with E-state index in [0.717, 1.165) is 36.1 Å². The van der Waals surface area contributed by atoms with Gasteiger partial charge in [-0.2, -0.15) is 0 Å². The van der Waals surface area contributed by atoms with Gasteiger partial charge in [0, 0.05) is 12.0 Å². The Morgan fingerprint density at radius 1 is 1.47 bits per heavy atom. The predicted octanol–water partition coefficient (Wildman–Crippen LogP) is 2.17. The lowest BCUT2D eigenvalue weighted by atomic mass is 9.71. The molecule has 1 aromatic rings. The summed E-state index contributed by atoms with van der Waals surface area (Å²) in [4.78, 5) is 0. The van der Waals surface area contributed by atoms with Gasteiger partial charge in [-0.25, -0.2) is 0 Å². The first kappa shape index (κ1) is 11.2. The van der Waals surface area contributed by atoms with Crippen molar-refractivity contribution in [3.8, 4) is 0 Å². The Kier molecular flexibility index (Phi) is 3.19. The summed E-state index contributed by atoms with van der Waals surface area (Å²) in [6.07, 6.45) is 3.28. The normalized spacial score (nSPS) is 31.8. The van der Waals surface area contributed by atoms with E-state index in [9.17, 15) is 5.11 Å². The van der Waals surface area contributed by atoms with E-state index < -0.39 is 0 Å². The summed E-state index contributed by atoms with van der Waals surface area (Å²) in [5, 5.41) is 9.51. The second-order valence-corrected chi connectivity index (χ2v) is 5.10. The van der Waals surface area contributed by atoms with Gasteiger partial charge in [0.15, 0.2) is 4.67 Å². The van der Waals surface area contributed by atoms with E-state index >= 15 is 0 Å². The van der Waals surface area contributed by atoms with Gasteiger partial charge in [-0.3, -0.25) is 0 Å². The van der Waals surface area contributed by atoms with Crippen LogP contribution in [0, 0.1) is 0 Å². The Labute approximate surface area is 97.8 Å². The van der Waals surface area contributed by atoms with Crippen LogP contribution in [-0.2, 0) is 5.41 Å². The first-order valence-electron chi connectivity index (χ1n) is 5.30. The fourth-order valence-corrected chi connectivity index (χ4v) is 2.61. The molecule has 0 saturated heterocycles. The topological polar surface area (TPSA) is 59.4 Å². The number of halogens is 1. The molecule has 1 heterocycles. The summed E-state index contributed by atoms with van der Waals surface area (Å²) in [7, 11) is 0. The maximum atomic E-state index is 9.51. The Hall–Kier alpha value is -0.320. The molecule has 1 aromatic heterocycles. The van der Waals surface area contributed by atoms with Crippen LogP contribution in [0.3, 0.4) is 0 Å². The van der Waals surface area contributed by atoms with Gasteiger partial charge in [-0.05, 0) is 53.7 Å². The van der Waals surface area contributed by atoms with Crippen molar-refractivity contribution < 1.29 is 9.52 Å². The molecule has 0 radical (unpaired) electrons. The third kappa shape index (κ3) is 2.12. The zero-order valence-electron chi connectivity index (χ0n) is 8.58. The van der Waals surface area contributed by atoms with Crippen LogP contribution in [0.15, 0.2) is 21.2 Å². The number of rotatable bonds is 2. The Balaban J connectivity index is 2.22. The molecule has 0 atom stereocenters. The van der Waals surface area contributed by atoms with Crippen molar-refractivity contribution in [1.29, 1.82) is 0 Å². The first-order chi connectivity index (χ1) is 7.16. The summed E-state index contributed by atoms with van der Waals surface area (Å²) < 4.78 is 6.35. The van der Waals surface area contributed by atoms with Gasteiger partial charge in [0.25, 0.3) is 0 Å². The molecule has 1 fully saturated rings. The first-order valence-corrected chi connectivity index (χ1v) is 6.09. The van der Waals surface area contributed by atoms with Crippen LogP contribution < -0.4 is 5.73 Å². The van der Waals surface area contributed by atoms with Crippen LogP contribution in [0.2, 0.25) is 0 Å². The van der Waals surface area contributed by atoms with Crippen molar-refractivity contribution in [2.75, 3.05) is 6.54 Å². The molecule has 0 aliphatic heterocycles.